The van der Waals surface area contributed by atoms with Crippen LogP contribution >= 0.6 is 0 Å². The molecule has 0 unspecified atom stereocenters. The molecule has 2 aliphatic carbocycles. The number of fused-ring (bicyclic) bond motifs is 2. The Hall–Kier alpha value is -3.64. The number of hydrogen-bond acceptors (Lipinski definition) is 0. The van der Waals surface area contributed by atoms with E-state index in [1.807, 2.05) is 0 Å². The lowest BCUT2D eigenvalue weighted by Gasteiger charge is -2.16. The highest BCUT2D eigenvalue weighted by molar-refractivity contribution is 5.99. The van der Waals surface area contributed by atoms with E-state index >= 15 is 0 Å². The van der Waals surface area contributed by atoms with Crippen LogP contribution in [-0.2, 0) is 12.8 Å². The van der Waals surface area contributed by atoms with E-state index in [1.165, 1.54) is 77.9 Å². The number of allylic oxidation sites excluding steroid dienone is 2. The monoisotopic (exact) mass is 438 g/mol. The Morgan fingerprint density at radius 2 is 0.765 bits per heavy atom. The third kappa shape index (κ3) is 3.29. The summed E-state index contributed by atoms with van der Waals surface area (Å²) in [4.78, 5) is 0. The van der Waals surface area contributed by atoms with Crippen molar-refractivity contribution in [1.82, 2.24) is 0 Å². The molecule has 0 atom stereocenters. The quantitative estimate of drug-likeness (QED) is 0.300. The lowest BCUT2D eigenvalue weighted by atomic mass is 9.88. The summed E-state index contributed by atoms with van der Waals surface area (Å²) in [5.41, 5.74) is 19.5. The molecule has 4 aromatic rings. The average molecular weight is 439 g/mol. The van der Waals surface area contributed by atoms with Crippen LogP contribution in [0.15, 0.2) is 72.8 Å². The summed E-state index contributed by atoms with van der Waals surface area (Å²) in [6, 6.07) is 27.0. The minimum Gasteiger partial charge on any atom is -0.0616 e. The van der Waals surface area contributed by atoms with Gasteiger partial charge in [-0.25, -0.2) is 0 Å². The second-order valence-electron chi connectivity index (χ2n) is 9.97. The van der Waals surface area contributed by atoms with E-state index in [1.54, 1.807) is 0 Å². The minimum atomic E-state index is 1.01. The van der Waals surface area contributed by atoms with Gasteiger partial charge in [0.2, 0.25) is 0 Å². The molecule has 0 N–H and O–H groups in total. The van der Waals surface area contributed by atoms with Crippen molar-refractivity contribution < 1.29 is 0 Å². The van der Waals surface area contributed by atoms with Gasteiger partial charge in [0.15, 0.2) is 0 Å². The zero-order chi connectivity index (χ0) is 23.4. The summed E-state index contributed by atoms with van der Waals surface area (Å²) in [6.45, 7) is 8.94. The van der Waals surface area contributed by atoms with Gasteiger partial charge in [-0.15, -0.1) is 0 Å². The van der Waals surface area contributed by atoms with Crippen LogP contribution in [0.1, 0.15) is 55.6 Å². The molecule has 0 bridgehead atoms. The Balaban J connectivity index is 1.47. The average Bonchev–Trinajstić information content (AvgIpc) is 3.51. The maximum absolute atomic E-state index is 2.43. The molecule has 0 saturated heterocycles. The zero-order valence-corrected chi connectivity index (χ0v) is 20.5. The molecule has 0 fully saturated rings. The Morgan fingerprint density at radius 1 is 0.412 bits per heavy atom. The van der Waals surface area contributed by atoms with E-state index in [4.69, 9.17) is 0 Å². The van der Waals surface area contributed by atoms with Crippen LogP contribution in [0.25, 0.3) is 34.4 Å². The predicted octanol–water partition coefficient (Wildman–Crippen LogP) is 8.78. The molecular formula is C34H30. The Morgan fingerprint density at radius 3 is 1.15 bits per heavy atom. The van der Waals surface area contributed by atoms with Crippen molar-refractivity contribution in [2.45, 2.75) is 40.5 Å². The number of benzene rings is 4. The van der Waals surface area contributed by atoms with E-state index < -0.39 is 0 Å². The summed E-state index contributed by atoms with van der Waals surface area (Å²) in [6.07, 6.45) is 6.87. The van der Waals surface area contributed by atoms with Crippen LogP contribution in [0.4, 0.5) is 0 Å². The molecule has 6 rings (SSSR count). The standard InChI is InChI=1S/C34H30/c1-21-13-14-22(2)32-18-25(17-31(21)32)27-9-5-7-11-29(27)30-12-8-6-10-28(30)26-19-33-23(3)15-16-24(4)34(33)20-26/h5-17,19H,18,20H2,1-4H3. The first-order chi connectivity index (χ1) is 16.5. The normalized spacial score (nSPS) is 14.0. The van der Waals surface area contributed by atoms with Gasteiger partial charge in [0.05, 0.1) is 0 Å². The third-order valence-electron chi connectivity index (χ3n) is 7.83. The lowest BCUT2D eigenvalue weighted by Crippen LogP contribution is -1.96. The molecule has 0 radical (unpaired) electrons. The fraction of sp³-hybridized carbons (Fsp3) is 0.176. The van der Waals surface area contributed by atoms with Crippen molar-refractivity contribution >= 4 is 23.3 Å². The fourth-order valence-corrected chi connectivity index (χ4v) is 5.83. The van der Waals surface area contributed by atoms with Gasteiger partial charge in [0.25, 0.3) is 0 Å². The Kier molecular flexibility index (Phi) is 4.92. The second-order valence-corrected chi connectivity index (χ2v) is 9.97. The van der Waals surface area contributed by atoms with Crippen LogP contribution in [-0.4, -0.2) is 0 Å². The smallest absolute Gasteiger partial charge is 0.00107 e. The molecule has 0 saturated carbocycles. The van der Waals surface area contributed by atoms with Gasteiger partial charge in [0, 0.05) is 0 Å². The molecule has 0 nitrogen and oxygen atoms in total. The van der Waals surface area contributed by atoms with Crippen molar-refractivity contribution in [1.29, 1.82) is 0 Å². The van der Waals surface area contributed by atoms with Gasteiger partial charge in [-0.3, -0.25) is 0 Å². The number of hydrogen-bond donors (Lipinski definition) is 0. The SMILES string of the molecule is Cc1ccc(C)c2c1C=C(c1ccccc1-c1ccccc1C1=Cc3c(C)ccc(C)c3C1)C2. The lowest BCUT2D eigenvalue weighted by molar-refractivity contribution is 1.22. The van der Waals surface area contributed by atoms with Gasteiger partial charge >= 0.3 is 0 Å². The predicted molar refractivity (Wildman–Crippen MR) is 147 cm³/mol. The van der Waals surface area contributed by atoms with E-state index in [0.29, 0.717) is 0 Å². The van der Waals surface area contributed by atoms with Gasteiger partial charge in [-0.05, 0) is 118 Å². The Bertz CT molecular complexity index is 1410. The molecule has 0 amide bonds. The maximum atomic E-state index is 2.43. The number of aryl methyl sites for hydroxylation is 4. The summed E-state index contributed by atoms with van der Waals surface area (Å²) < 4.78 is 0. The molecule has 0 aliphatic heterocycles. The first-order valence-electron chi connectivity index (χ1n) is 12.3. The summed E-state index contributed by atoms with van der Waals surface area (Å²) >= 11 is 0. The molecule has 4 aromatic carbocycles. The van der Waals surface area contributed by atoms with Crippen LogP contribution in [0.2, 0.25) is 0 Å². The molecule has 0 heterocycles. The molecule has 2 aliphatic rings. The van der Waals surface area contributed by atoms with E-state index in [2.05, 4.69) is 113 Å². The van der Waals surface area contributed by atoms with Crippen LogP contribution in [0, 0.1) is 27.7 Å². The van der Waals surface area contributed by atoms with Gasteiger partial charge in [0.1, 0.15) is 0 Å². The van der Waals surface area contributed by atoms with Crippen molar-refractivity contribution in [3.63, 3.8) is 0 Å². The topological polar surface area (TPSA) is 0 Å². The Labute approximate surface area is 203 Å². The summed E-state index contributed by atoms with van der Waals surface area (Å²) in [5.74, 6) is 0. The molecule has 166 valence electrons. The number of rotatable bonds is 3. The molecule has 0 spiro atoms. The van der Waals surface area contributed by atoms with Crippen LogP contribution in [0.3, 0.4) is 0 Å². The first kappa shape index (κ1) is 20.9. The maximum Gasteiger partial charge on any atom is -0.00107 e. The van der Waals surface area contributed by atoms with E-state index in [9.17, 15) is 0 Å². The molecule has 34 heavy (non-hydrogen) atoms. The summed E-state index contributed by atoms with van der Waals surface area (Å²) in [7, 11) is 0. The van der Waals surface area contributed by atoms with Crippen molar-refractivity contribution in [2.75, 3.05) is 0 Å². The second kappa shape index (κ2) is 7.99. The summed E-state index contributed by atoms with van der Waals surface area (Å²) in [5, 5.41) is 0. The third-order valence-corrected chi connectivity index (χ3v) is 7.83. The minimum absolute atomic E-state index is 1.01. The fourth-order valence-electron chi connectivity index (χ4n) is 5.83. The van der Waals surface area contributed by atoms with Crippen LogP contribution in [0.5, 0.6) is 0 Å². The van der Waals surface area contributed by atoms with Crippen molar-refractivity contribution in [3.8, 4) is 11.1 Å². The van der Waals surface area contributed by atoms with Gasteiger partial charge in [-0.1, -0.05) is 84.9 Å². The zero-order valence-electron chi connectivity index (χ0n) is 20.5. The van der Waals surface area contributed by atoms with Crippen molar-refractivity contribution in [2.24, 2.45) is 0 Å². The van der Waals surface area contributed by atoms with E-state index in [-0.39, 0.29) is 0 Å². The molecule has 0 aromatic heterocycles. The largest absolute Gasteiger partial charge is 0.0616 e. The highest BCUT2D eigenvalue weighted by Gasteiger charge is 2.23. The highest BCUT2D eigenvalue weighted by Crippen LogP contribution is 2.43. The van der Waals surface area contributed by atoms with Gasteiger partial charge in [-0.2, -0.15) is 0 Å². The van der Waals surface area contributed by atoms with Gasteiger partial charge < -0.3 is 0 Å². The van der Waals surface area contributed by atoms with Crippen LogP contribution < -0.4 is 0 Å². The van der Waals surface area contributed by atoms with E-state index in [0.717, 1.165) is 12.8 Å². The molecule has 0 heteroatoms. The highest BCUT2D eigenvalue weighted by atomic mass is 14.3. The molecular weight excluding hydrogens is 408 g/mol. The van der Waals surface area contributed by atoms with Crippen molar-refractivity contribution in [3.05, 3.63) is 128 Å². The first-order valence-corrected chi connectivity index (χ1v) is 12.3.